The van der Waals surface area contributed by atoms with Gasteiger partial charge in [-0.3, -0.25) is 4.79 Å². The summed E-state index contributed by atoms with van der Waals surface area (Å²) in [6.07, 6.45) is 6.12. The molecule has 0 aromatic heterocycles. The number of carbonyl (C=O) groups excluding carboxylic acids is 1. The molecule has 53 heavy (non-hydrogen) atoms. The highest BCUT2D eigenvalue weighted by Crippen LogP contribution is 2.39. The molecule has 5 heteroatoms. The molecule has 5 nitrogen and oxygen atoms in total. The molecule has 1 saturated carbocycles. The van der Waals surface area contributed by atoms with Crippen LogP contribution in [0.1, 0.15) is 52.6 Å². The molecule has 0 spiro atoms. The lowest BCUT2D eigenvalue weighted by atomic mass is 9.86. The van der Waals surface area contributed by atoms with E-state index in [1.165, 1.54) is 0 Å². The van der Waals surface area contributed by atoms with E-state index in [2.05, 4.69) is 0 Å². The van der Waals surface area contributed by atoms with E-state index < -0.39 is 0 Å². The molecule has 0 saturated heterocycles. The van der Waals surface area contributed by atoms with Crippen molar-refractivity contribution < 1.29 is 23.7 Å². The van der Waals surface area contributed by atoms with Gasteiger partial charge >= 0.3 is 0 Å². The highest BCUT2D eigenvalue weighted by molar-refractivity contribution is 6.14. The second kappa shape index (κ2) is 17.7. The molecule has 0 heterocycles. The van der Waals surface area contributed by atoms with Crippen molar-refractivity contribution in [2.75, 3.05) is 0 Å². The van der Waals surface area contributed by atoms with Crippen LogP contribution >= 0.6 is 0 Å². The molecule has 0 atom stereocenters. The van der Waals surface area contributed by atoms with E-state index in [9.17, 15) is 4.79 Å². The third-order valence-corrected chi connectivity index (χ3v) is 9.08. The summed E-state index contributed by atoms with van der Waals surface area (Å²) < 4.78 is 25.6. The average molecular weight is 699 g/mol. The highest BCUT2D eigenvalue weighted by atomic mass is 16.5. The quantitative estimate of drug-likeness (QED) is 0.106. The van der Waals surface area contributed by atoms with Crippen molar-refractivity contribution in [1.29, 1.82) is 0 Å². The van der Waals surface area contributed by atoms with Crippen LogP contribution in [0.4, 0.5) is 0 Å². The molecule has 6 aromatic rings. The van der Waals surface area contributed by atoms with Gasteiger partial charge in [-0.2, -0.15) is 0 Å². The lowest BCUT2D eigenvalue weighted by Gasteiger charge is -2.20. The van der Waals surface area contributed by atoms with Crippen molar-refractivity contribution >= 4 is 17.9 Å². The van der Waals surface area contributed by atoms with Gasteiger partial charge in [0.2, 0.25) is 0 Å². The molecule has 264 valence electrons. The highest BCUT2D eigenvalue weighted by Gasteiger charge is 2.23. The molecule has 7 rings (SSSR count). The third kappa shape index (κ3) is 9.52. The first kappa shape index (κ1) is 35.1. The zero-order chi connectivity index (χ0) is 36.1. The summed E-state index contributed by atoms with van der Waals surface area (Å²) in [5.41, 5.74) is 7.28. The third-order valence-electron chi connectivity index (χ3n) is 9.08. The number of carbonyl (C=O) groups is 1. The van der Waals surface area contributed by atoms with Crippen LogP contribution in [0.15, 0.2) is 169 Å². The van der Waals surface area contributed by atoms with Gasteiger partial charge in [0.1, 0.15) is 26.4 Å². The average Bonchev–Trinajstić information content (AvgIpc) is 3.21. The summed E-state index contributed by atoms with van der Waals surface area (Å²) in [5.74, 6) is 2.51. The van der Waals surface area contributed by atoms with Crippen molar-refractivity contribution in [2.45, 2.75) is 45.7 Å². The lowest BCUT2D eigenvalue weighted by molar-refractivity contribution is -0.112. The number of benzene rings is 6. The maximum atomic E-state index is 14.2. The van der Waals surface area contributed by atoms with E-state index in [0.717, 1.165) is 50.9 Å². The number of hydrogen-bond donors (Lipinski definition) is 0. The van der Waals surface area contributed by atoms with Gasteiger partial charge in [-0.05, 0) is 65.8 Å². The topological polar surface area (TPSA) is 54.0 Å². The van der Waals surface area contributed by atoms with Gasteiger partial charge in [0, 0.05) is 22.3 Å². The number of ketones is 1. The van der Waals surface area contributed by atoms with Crippen LogP contribution in [0.25, 0.3) is 12.2 Å². The Morgan fingerprint density at radius 2 is 0.736 bits per heavy atom. The Morgan fingerprint density at radius 1 is 0.396 bits per heavy atom. The first-order chi connectivity index (χ1) is 26.2. The lowest BCUT2D eigenvalue weighted by Crippen LogP contribution is -2.12. The maximum absolute atomic E-state index is 14.2. The number of allylic oxidation sites excluding steroid dienone is 2. The van der Waals surface area contributed by atoms with E-state index >= 15 is 0 Å². The molecule has 1 aliphatic rings. The van der Waals surface area contributed by atoms with E-state index in [1.807, 2.05) is 170 Å². The molecule has 0 unspecified atom stereocenters. The summed E-state index contributed by atoms with van der Waals surface area (Å²) >= 11 is 0. The van der Waals surface area contributed by atoms with Crippen LogP contribution in [0.5, 0.6) is 23.0 Å². The Hall–Kier alpha value is -6.33. The molecule has 0 radical (unpaired) electrons. The molecule has 0 bridgehead atoms. The van der Waals surface area contributed by atoms with Crippen molar-refractivity contribution in [2.24, 2.45) is 0 Å². The number of rotatable bonds is 14. The molecule has 6 aromatic carbocycles. The molecular formula is C48H42O5. The van der Waals surface area contributed by atoms with E-state index in [0.29, 0.717) is 62.3 Å². The summed E-state index contributed by atoms with van der Waals surface area (Å²) in [5, 5.41) is 0. The van der Waals surface area contributed by atoms with Crippen LogP contribution in [0.2, 0.25) is 0 Å². The van der Waals surface area contributed by atoms with Crippen LogP contribution in [-0.4, -0.2) is 5.78 Å². The van der Waals surface area contributed by atoms with Crippen molar-refractivity contribution in [3.05, 3.63) is 202 Å². The molecule has 1 aliphatic carbocycles. The van der Waals surface area contributed by atoms with Gasteiger partial charge in [0.25, 0.3) is 0 Å². The summed E-state index contributed by atoms with van der Waals surface area (Å²) in [6.45, 7) is 1.54. The second-order valence-corrected chi connectivity index (χ2v) is 13.0. The predicted molar refractivity (Wildman–Crippen MR) is 211 cm³/mol. The summed E-state index contributed by atoms with van der Waals surface area (Å²) in [6, 6.07) is 51.9. The number of para-hydroxylation sites is 2. The Balaban J connectivity index is 1.18. The van der Waals surface area contributed by atoms with Crippen LogP contribution in [0.3, 0.4) is 0 Å². The zero-order valence-corrected chi connectivity index (χ0v) is 29.7. The minimum atomic E-state index is 0.0190. The molecule has 0 aliphatic heterocycles. The van der Waals surface area contributed by atoms with Crippen LogP contribution in [0, 0.1) is 0 Å². The van der Waals surface area contributed by atoms with Gasteiger partial charge in [-0.15, -0.1) is 0 Å². The van der Waals surface area contributed by atoms with Gasteiger partial charge < -0.3 is 18.9 Å². The fourth-order valence-corrected chi connectivity index (χ4v) is 6.31. The summed E-state index contributed by atoms with van der Waals surface area (Å²) in [4.78, 5) is 14.2. The smallest absolute Gasteiger partial charge is 0.185 e. The first-order valence-electron chi connectivity index (χ1n) is 18.1. The van der Waals surface area contributed by atoms with Gasteiger partial charge in [0.15, 0.2) is 28.8 Å². The molecular weight excluding hydrogens is 657 g/mol. The normalized spacial score (nSPS) is 14.2. The molecule has 0 amide bonds. The maximum Gasteiger partial charge on any atom is 0.185 e. The molecule has 0 N–H and O–H groups in total. The fraction of sp³-hybridized carbons (Fsp3) is 0.146. The first-order valence-corrected chi connectivity index (χ1v) is 18.1. The van der Waals surface area contributed by atoms with Gasteiger partial charge in [-0.25, -0.2) is 0 Å². The second-order valence-electron chi connectivity index (χ2n) is 13.0. The standard InChI is InChI=1S/C48H42O5/c49-46-40(30-42-26-14-28-44(50-32-36-16-5-1-6-17-36)47(42)52-34-38-20-9-3-10-21-38)24-13-25-41(46)31-43-27-15-29-45(51-33-37-18-7-2-8-19-37)48(43)53-35-39-22-11-4-12-23-39/h1-12,14-23,26-31H,13,24-25,32-35H2/b40-30+,41-31+. The van der Waals surface area contributed by atoms with E-state index in [4.69, 9.17) is 18.9 Å². The van der Waals surface area contributed by atoms with E-state index in [1.54, 1.807) is 0 Å². The number of ether oxygens (including phenoxy) is 4. The van der Waals surface area contributed by atoms with Crippen molar-refractivity contribution in [1.82, 2.24) is 0 Å². The Kier molecular flexibility index (Phi) is 11.7. The Morgan fingerprint density at radius 3 is 1.09 bits per heavy atom. The monoisotopic (exact) mass is 698 g/mol. The van der Waals surface area contributed by atoms with E-state index in [-0.39, 0.29) is 5.78 Å². The largest absolute Gasteiger partial charge is 0.485 e. The van der Waals surface area contributed by atoms with Crippen LogP contribution in [-0.2, 0) is 31.2 Å². The van der Waals surface area contributed by atoms with Gasteiger partial charge in [0.05, 0.1) is 0 Å². The Labute approximate surface area is 311 Å². The number of hydrogen-bond acceptors (Lipinski definition) is 5. The summed E-state index contributed by atoms with van der Waals surface area (Å²) in [7, 11) is 0. The number of Topliss-reactive ketones (excluding diaryl/α,β-unsaturated/α-hetero) is 1. The minimum Gasteiger partial charge on any atom is -0.485 e. The molecule has 1 fully saturated rings. The van der Waals surface area contributed by atoms with Crippen molar-refractivity contribution in [3.63, 3.8) is 0 Å². The van der Waals surface area contributed by atoms with Crippen LogP contribution < -0.4 is 18.9 Å². The van der Waals surface area contributed by atoms with Gasteiger partial charge in [-0.1, -0.05) is 146 Å². The SMILES string of the molecule is O=C1/C(=C/c2cccc(OCc3ccccc3)c2OCc2ccccc2)CCC/C1=C\c1cccc(OCc2ccccc2)c1OCc1ccccc1. The Bertz CT molecular complexity index is 2000. The predicted octanol–water partition coefficient (Wildman–Crippen LogP) is 11.2. The minimum absolute atomic E-state index is 0.0190. The fourth-order valence-electron chi connectivity index (χ4n) is 6.31. The zero-order valence-electron chi connectivity index (χ0n) is 29.7. The van der Waals surface area contributed by atoms with Crippen molar-refractivity contribution in [3.8, 4) is 23.0 Å².